The van der Waals surface area contributed by atoms with Gasteiger partial charge in [-0.05, 0) is 42.0 Å². The quantitative estimate of drug-likeness (QED) is 0.264. The fourth-order valence-corrected chi connectivity index (χ4v) is 4.68. The van der Waals surface area contributed by atoms with Crippen molar-refractivity contribution < 1.29 is 33.7 Å². The lowest BCUT2D eigenvalue weighted by molar-refractivity contribution is -0.132. The van der Waals surface area contributed by atoms with Crippen molar-refractivity contribution in [2.75, 3.05) is 19.1 Å². The highest BCUT2D eigenvalue weighted by Gasteiger charge is 2.47. The van der Waals surface area contributed by atoms with Gasteiger partial charge in [0.15, 0.2) is 11.5 Å². The van der Waals surface area contributed by atoms with E-state index in [1.54, 1.807) is 0 Å². The number of anilines is 1. The summed E-state index contributed by atoms with van der Waals surface area (Å²) in [6, 6.07) is 11.0. The molecule has 3 aromatic rings. The number of aromatic hydroxyl groups is 1. The molecule has 180 valence electrons. The zero-order valence-electron chi connectivity index (χ0n) is 18.4. The van der Waals surface area contributed by atoms with Crippen LogP contribution in [0.2, 0.25) is 10.0 Å². The van der Waals surface area contributed by atoms with E-state index in [4.69, 9.17) is 32.7 Å². The number of hydrogen-bond donors (Lipinski definition) is 2. The van der Waals surface area contributed by atoms with E-state index in [1.807, 2.05) is 0 Å². The first-order valence-electron chi connectivity index (χ1n) is 10.2. The number of hydrogen-bond acceptors (Lipinski definition) is 6. The maximum atomic E-state index is 14.0. The van der Waals surface area contributed by atoms with Crippen molar-refractivity contribution in [1.29, 1.82) is 0 Å². The molecule has 0 saturated carbocycles. The number of phenols is 1. The molecule has 1 heterocycles. The van der Waals surface area contributed by atoms with Crippen LogP contribution in [0, 0.1) is 5.82 Å². The standard InChI is InChI=1S/C25H18Cl2FNO6/c1-34-23-16(11-17(26)24(35-2)19(23)27)21(31)18-20(12-6-8-15(30)9-7-12)29(25(33)22(18)32)14-5-3-4-13(28)10-14/h3-11,20,30-31H,1-2H3/b21-18+. The second-order valence-electron chi connectivity index (χ2n) is 7.53. The Morgan fingerprint density at radius 1 is 1.00 bits per heavy atom. The van der Waals surface area contributed by atoms with Crippen LogP contribution in [0.1, 0.15) is 17.2 Å². The molecule has 0 radical (unpaired) electrons. The summed E-state index contributed by atoms with van der Waals surface area (Å²) in [6.07, 6.45) is 0. The van der Waals surface area contributed by atoms with Crippen LogP contribution in [0.25, 0.3) is 5.76 Å². The summed E-state index contributed by atoms with van der Waals surface area (Å²) in [7, 11) is 2.65. The summed E-state index contributed by atoms with van der Waals surface area (Å²) in [5.74, 6) is -3.22. The molecule has 0 aliphatic carbocycles. The summed E-state index contributed by atoms with van der Waals surface area (Å²) in [5, 5.41) is 21.1. The zero-order valence-corrected chi connectivity index (χ0v) is 19.9. The van der Waals surface area contributed by atoms with E-state index in [-0.39, 0.29) is 44.1 Å². The topological polar surface area (TPSA) is 96.3 Å². The van der Waals surface area contributed by atoms with E-state index in [0.29, 0.717) is 5.56 Å². The number of methoxy groups -OCH3 is 2. The molecule has 1 aliphatic rings. The Morgan fingerprint density at radius 2 is 1.66 bits per heavy atom. The Hall–Kier alpha value is -3.75. The van der Waals surface area contributed by atoms with Crippen molar-refractivity contribution in [2.45, 2.75) is 6.04 Å². The van der Waals surface area contributed by atoms with Crippen molar-refractivity contribution >= 4 is 46.3 Å². The average molecular weight is 518 g/mol. The van der Waals surface area contributed by atoms with Gasteiger partial charge in [-0.3, -0.25) is 14.5 Å². The molecule has 1 unspecified atom stereocenters. The van der Waals surface area contributed by atoms with E-state index in [2.05, 4.69) is 0 Å². The number of carbonyl (C=O) groups is 2. The second kappa shape index (κ2) is 9.48. The minimum absolute atomic E-state index is 0.0281. The molecule has 0 spiro atoms. The first kappa shape index (κ1) is 24.4. The lowest BCUT2D eigenvalue weighted by Gasteiger charge is -2.25. The van der Waals surface area contributed by atoms with Gasteiger partial charge in [-0.25, -0.2) is 4.39 Å². The summed E-state index contributed by atoms with van der Waals surface area (Å²) in [6.45, 7) is 0. The van der Waals surface area contributed by atoms with Crippen molar-refractivity contribution in [2.24, 2.45) is 0 Å². The van der Waals surface area contributed by atoms with Crippen molar-refractivity contribution in [3.05, 3.63) is 87.2 Å². The minimum atomic E-state index is -1.17. The Bertz CT molecular complexity index is 1370. The van der Waals surface area contributed by atoms with Gasteiger partial charge in [-0.1, -0.05) is 41.4 Å². The number of halogens is 3. The third-order valence-corrected chi connectivity index (χ3v) is 6.16. The minimum Gasteiger partial charge on any atom is -0.508 e. The second-order valence-corrected chi connectivity index (χ2v) is 8.31. The van der Waals surface area contributed by atoms with Gasteiger partial charge < -0.3 is 19.7 Å². The molecule has 2 N–H and O–H groups in total. The van der Waals surface area contributed by atoms with E-state index < -0.39 is 29.3 Å². The Kier molecular flexibility index (Phi) is 6.60. The number of phenolic OH excluding ortho intramolecular Hbond substituents is 1. The Balaban J connectivity index is 2.02. The van der Waals surface area contributed by atoms with Gasteiger partial charge in [0.1, 0.15) is 22.3 Å². The number of ether oxygens (including phenoxy) is 2. The van der Waals surface area contributed by atoms with E-state index in [0.717, 1.165) is 11.0 Å². The number of aliphatic hydroxyl groups is 1. The van der Waals surface area contributed by atoms with Gasteiger partial charge in [0, 0.05) is 5.69 Å². The highest BCUT2D eigenvalue weighted by molar-refractivity contribution is 6.52. The lowest BCUT2D eigenvalue weighted by atomic mass is 9.94. The molecule has 3 aromatic carbocycles. The van der Waals surface area contributed by atoms with Gasteiger partial charge in [-0.2, -0.15) is 0 Å². The van der Waals surface area contributed by atoms with Gasteiger partial charge in [0.05, 0.1) is 36.4 Å². The Labute approximate surface area is 209 Å². The van der Waals surface area contributed by atoms with Crippen LogP contribution >= 0.6 is 23.2 Å². The molecular formula is C25H18Cl2FNO6. The molecule has 10 heteroatoms. The van der Waals surface area contributed by atoms with Crippen LogP contribution in [-0.2, 0) is 9.59 Å². The molecule has 0 aromatic heterocycles. The van der Waals surface area contributed by atoms with E-state index in [9.17, 15) is 24.2 Å². The van der Waals surface area contributed by atoms with Crippen molar-refractivity contribution in [3.63, 3.8) is 0 Å². The number of aliphatic hydroxyl groups excluding tert-OH is 1. The lowest BCUT2D eigenvalue weighted by Crippen LogP contribution is -2.29. The third kappa shape index (κ3) is 4.15. The predicted octanol–water partition coefficient (Wildman–Crippen LogP) is 5.48. The maximum Gasteiger partial charge on any atom is 0.300 e. The SMILES string of the molecule is COc1c(Cl)cc(/C(O)=C2\C(=O)C(=O)N(c3cccc(F)c3)C2c2ccc(O)cc2)c(OC)c1Cl. The fourth-order valence-electron chi connectivity index (χ4n) is 3.99. The number of carbonyl (C=O) groups excluding carboxylic acids is 2. The molecule has 35 heavy (non-hydrogen) atoms. The Morgan fingerprint density at radius 3 is 2.26 bits per heavy atom. The normalized spacial score (nSPS) is 17.1. The van der Waals surface area contributed by atoms with Gasteiger partial charge in [0.2, 0.25) is 0 Å². The molecule has 1 fully saturated rings. The van der Waals surface area contributed by atoms with Crippen molar-refractivity contribution in [1.82, 2.24) is 0 Å². The summed E-state index contributed by atoms with van der Waals surface area (Å²) in [4.78, 5) is 27.5. The maximum absolute atomic E-state index is 14.0. The zero-order chi connectivity index (χ0) is 25.4. The molecule has 1 saturated heterocycles. The summed E-state index contributed by atoms with van der Waals surface area (Å²) in [5.41, 5.74) is 0.115. The monoisotopic (exact) mass is 517 g/mol. The number of benzene rings is 3. The highest BCUT2D eigenvalue weighted by atomic mass is 35.5. The summed E-state index contributed by atoms with van der Waals surface area (Å²) < 4.78 is 24.5. The fraction of sp³-hybridized carbons (Fsp3) is 0.120. The van der Waals surface area contributed by atoms with Crippen LogP contribution in [0.5, 0.6) is 17.2 Å². The highest BCUT2D eigenvalue weighted by Crippen LogP contribution is 2.48. The number of ketones is 1. The molecule has 1 amide bonds. The van der Waals surface area contributed by atoms with Gasteiger partial charge in [-0.15, -0.1) is 0 Å². The molecule has 1 atom stereocenters. The number of amides is 1. The van der Waals surface area contributed by atoms with Gasteiger partial charge >= 0.3 is 0 Å². The van der Waals surface area contributed by atoms with Gasteiger partial charge in [0.25, 0.3) is 11.7 Å². The molecular weight excluding hydrogens is 500 g/mol. The number of nitrogens with zero attached hydrogens (tertiary/aromatic N) is 1. The smallest absolute Gasteiger partial charge is 0.300 e. The van der Waals surface area contributed by atoms with Crippen LogP contribution in [0.3, 0.4) is 0 Å². The van der Waals surface area contributed by atoms with Crippen LogP contribution in [0.15, 0.2) is 60.2 Å². The molecule has 1 aliphatic heterocycles. The van der Waals surface area contributed by atoms with Crippen LogP contribution in [-0.4, -0.2) is 36.1 Å². The summed E-state index contributed by atoms with van der Waals surface area (Å²) >= 11 is 12.6. The molecule has 4 rings (SSSR count). The van der Waals surface area contributed by atoms with E-state index >= 15 is 0 Å². The first-order valence-corrected chi connectivity index (χ1v) is 10.9. The van der Waals surface area contributed by atoms with E-state index in [1.165, 1.54) is 62.8 Å². The molecule has 0 bridgehead atoms. The number of rotatable bonds is 5. The predicted molar refractivity (Wildman–Crippen MR) is 129 cm³/mol. The average Bonchev–Trinajstić information content (AvgIpc) is 3.09. The largest absolute Gasteiger partial charge is 0.508 e. The third-order valence-electron chi connectivity index (χ3n) is 5.53. The van der Waals surface area contributed by atoms with Crippen LogP contribution < -0.4 is 14.4 Å². The first-order chi connectivity index (χ1) is 16.7. The van der Waals surface area contributed by atoms with Crippen molar-refractivity contribution in [3.8, 4) is 17.2 Å². The number of Topliss-reactive ketones (excluding diaryl/α,β-unsaturated/α-hetero) is 1. The van der Waals surface area contributed by atoms with Crippen LogP contribution in [0.4, 0.5) is 10.1 Å². The molecule has 7 nitrogen and oxygen atoms in total.